The SMILES string of the molecule is c1nc(CNC2CC2)n(CCC2CCCO2)n1. The van der Waals surface area contributed by atoms with Gasteiger partial charge in [0.05, 0.1) is 12.6 Å². The molecule has 5 heteroatoms. The van der Waals surface area contributed by atoms with E-state index in [1.807, 2.05) is 4.68 Å². The van der Waals surface area contributed by atoms with E-state index in [0.717, 1.165) is 38.0 Å². The van der Waals surface area contributed by atoms with Crippen LogP contribution in [0.4, 0.5) is 0 Å². The number of ether oxygens (including phenoxy) is 1. The maximum atomic E-state index is 5.62. The Labute approximate surface area is 102 Å². The topological polar surface area (TPSA) is 52.0 Å². The van der Waals surface area contributed by atoms with Gasteiger partial charge in [-0.05, 0) is 32.1 Å². The Hall–Kier alpha value is -0.940. The quantitative estimate of drug-likeness (QED) is 0.803. The number of nitrogens with one attached hydrogen (secondary N) is 1. The smallest absolute Gasteiger partial charge is 0.140 e. The molecule has 2 heterocycles. The van der Waals surface area contributed by atoms with E-state index in [-0.39, 0.29) is 0 Å². The van der Waals surface area contributed by atoms with Crippen LogP contribution in [0, 0.1) is 0 Å². The predicted octanol–water partition coefficient (Wildman–Crippen LogP) is 1.10. The molecule has 0 radical (unpaired) electrons. The minimum absolute atomic E-state index is 0.434. The van der Waals surface area contributed by atoms with Gasteiger partial charge >= 0.3 is 0 Å². The van der Waals surface area contributed by atoms with Gasteiger partial charge in [0.2, 0.25) is 0 Å². The Kier molecular flexibility index (Phi) is 3.38. The molecule has 94 valence electrons. The van der Waals surface area contributed by atoms with Crippen molar-refractivity contribution < 1.29 is 4.74 Å². The summed E-state index contributed by atoms with van der Waals surface area (Å²) in [7, 11) is 0. The lowest BCUT2D eigenvalue weighted by Crippen LogP contribution is -2.20. The molecule has 1 aromatic heterocycles. The highest BCUT2D eigenvalue weighted by atomic mass is 16.5. The van der Waals surface area contributed by atoms with Gasteiger partial charge in [0.15, 0.2) is 0 Å². The van der Waals surface area contributed by atoms with Crippen LogP contribution in [-0.2, 0) is 17.8 Å². The van der Waals surface area contributed by atoms with E-state index in [0.29, 0.717) is 6.10 Å². The largest absolute Gasteiger partial charge is 0.378 e. The molecule has 1 aliphatic carbocycles. The highest BCUT2D eigenvalue weighted by Gasteiger charge is 2.21. The second kappa shape index (κ2) is 5.14. The fraction of sp³-hybridized carbons (Fsp3) is 0.833. The summed E-state index contributed by atoms with van der Waals surface area (Å²) in [6, 6.07) is 0.721. The van der Waals surface area contributed by atoms with E-state index in [1.54, 1.807) is 6.33 Å². The van der Waals surface area contributed by atoms with Crippen molar-refractivity contribution in [2.45, 2.75) is 57.3 Å². The zero-order valence-corrected chi connectivity index (χ0v) is 10.1. The minimum atomic E-state index is 0.434. The molecule has 2 aliphatic rings. The molecule has 17 heavy (non-hydrogen) atoms. The Morgan fingerprint density at radius 1 is 1.41 bits per heavy atom. The second-order valence-corrected chi connectivity index (χ2v) is 4.98. The summed E-state index contributed by atoms with van der Waals surface area (Å²) in [4.78, 5) is 4.31. The summed E-state index contributed by atoms with van der Waals surface area (Å²) >= 11 is 0. The van der Waals surface area contributed by atoms with Crippen molar-refractivity contribution in [3.63, 3.8) is 0 Å². The fourth-order valence-corrected chi connectivity index (χ4v) is 2.27. The maximum Gasteiger partial charge on any atom is 0.140 e. The Balaban J connectivity index is 1.48. The molecule has 1 aromatic rings. The van der Waals surface area contributed by atoms with Crippen LogP contribution < -0.4 is 5.32 Å². The molecular formula is C12H20N4O. The maximum absolute atomic E-state index is 5.62. The lowest BCUT2D eigenvalue weighted by molar-refractivity contribution is 0.0991. The number of hydrogen-bond donors (Lipinski definition) is 1. The minimum Gasteiger partial charge on any atom is -0.378 e. The average Bonchev–Trinajstić information content (AvgIpc) is 2.86. The first kappa shape index (κ1) is 11.2. The van der Waals surface area contributed by atoms with Crippen molar-refractivity contribution >= 4 is 0 Å². The zero-order valence-electron chi connectivity index (χ0n) is 10.1. The standard InChI is InChI=1S/C12H20N4O/c1-2-11(17-7-1)5-6-16-12(14-9-15-16)8-13-10-3-4-10/h9-11,13H,1-8H2. The molecule has 1 unspecified atom stereocenters. The third kappa shape index (κ3) is 3.04. The van der Waals surface area contributed by atoms with Gasteiger partial charge in [-0.1, -0.05) is 0 Å². The van der Waals surface area contributed by atoms with E-state index < -0.39 is 0 Å². The van der Waals surface area contributed by atoms with Crippen LogP contribution in [0.5, 0.6) is 0 Å². The van der Waals surface area contributed by atoms with Crippen molar-refractivity contribution in [1.82, 2.24) is 20.1 Å². The van der Waals surface area contributed by atoms with Crippen molar-refractivity contribution in [2.24, 2.45) is 0 Å². The molecule has 1 aliphatic heterocycles. The van der Waals surface area contributed by atoms with Gasteiger partial charge < -0.3 is 10.1 Å². The molecule has 0 spiro atoms. The normalized spacial score (nSPS) is 24.4. The Morgan fingerprint density at radius 2 is 2.35 bits per heavy atom. The van der Waals surface area contributed by atoms with Gasteiger partial charge in [-0.25, -0.2) is 9.67 Å². The van der Waals surface area contributed by atoms with Crippen molar-refractivity contribution in [2.75, 3.05) is 6.61 Å². The predicted molar refractivity (Wildman–Crippen MR) is 63.5 cm³/mol. The van der Waals surface area contributed by atoms with E-state index >= 15 is 0 Å². The van der Waals surface area contributed by atoms with Gasteiger partial charge in [0.1, 0.15) is 12.2 Å². The number of aryl methyl sites for hydroxylation is 1. The Bertz CT molecular complexity index is 355. The molecule has 1 N–H and O–H groups in total. The molecule has 0 aromatic carbocycles. The molecule has 1 atom stereocenters. The first-order valence-corrected chi connectivity index (χ1v) is 6.63. The number of nitrogens with zero attached hydrogens (tertiary/aromatic N) is 3. The van der Waals surface area contributed by atoms with Crippen LogP contribution >= 0.6 is 0 Å². The van der Waals surface area contributed by atoms with Crippen LogP contribution in [0.2, 0.25) is 0 Å². The number of hydrogen-bond acceptors (Lipinski definition) is 4. The molecule has 1 saturated heterocycles. The van der Waals surface area contributed by atoms with Crippen LogP contribution in [0.25, 0.3) is 0 Å². The van der Waals surface area contributed by atoms with E-state index in [9.17, 15) is 0 Å². The second-order valence-electron chi connectivity index (χ2n) is 4.98. The monoisotopic (exact) mass is 236 g/mol. The molecular weight excluding hydrogens is 216 g/mol. The van der Waals surface area contributed by atoms with Gasteiger partial charge in [-0.2, -0.15) is 5.10 Å². The first-order valence-electron chi connectivity index (χ1n) is 6.63. The zero-order chi connectivity index (χ0) is 11.5. The molecule has 5 nitrogen and oxygen atoms in total. The molecule has 0 bridgehead atoms. The number of aromatic nitrogens is 3. The first-order chi connectivity index (χ1) is 8.42. The summed E-state index contributed by atoms with van der Waals surface area (Å²) in [5.74, 6) is 1.05. The summed E-state index contributed by atoms with van der Waals surface area (Å²) in [5.41, 5.74) is 0. The van der Waals surface area contributed by atoms with Crippen LogP contribution in [0.15, 0.2) is 6.33 Å². The highest BCUT2D eigenvalue weighted by Crippen LogP contribution is 2.19. The fourth-order valence-electron chi connectivity index (χ4n) is 2.27. The molecule has 0 amide bonds. The van der Waals surface area contributed by atoms with E-state index in [1.165, 1.54) is 25.7 Å². The van der Waals surface area contributed by atoms with Crippen molar-refractivity contribution in [1.29, 1.82) is 0 Å². The Morgan fingerprint density at radius 3 is 3.12 bits per heavy atom. The molecule has 3 rings (SSSR count). The van der Waals surface area contributed by atoms with Gasteiger partial charge in [-0.3, -0.25) is 0 Å². The van der Waals surface area contributed by atoms with Crippen molar-refractivity contribution in [3.05, 3.63) is 12.2 Å². The lowest BCUT2D eigenvalue weighted by atomic mass is 10.2. The summed E-state index contributed by atoms with van der Waals surface area (Å²) in [6.07, 6.45) is 8.17. The van der Waals surface area contributed by atoms with Crippen molar-refractivity contribution in [3.8, 4) is 0 Å². The van der Waals surface area contributed by atoms with Gasteiger partial charge in [-0.15, -0.1) is 0 Å². The van der Waals surface area contributed by atoms with Crippen LogP contribution in [0.1, 0.15) is 37.9 Å². The third-order valence-electron chi connectivity index (χ3n) is 3.51. The number of rotatable bonds is 6. The molecule has 2 fully saturated rings. The summed E-state index contributed by atoms with van der Waals surface area (Å²) < 4.78 is 7.63. The summed E-state index contributed by atoms with van der Waals surface area (Å²) in [5, 5.41) is 7.76. The van der Waals surface area contributed by atoms with Crippen LogP contribution in [-0.4, -0.2) is 33.5 Å². The van der Waals surface area contributed by atoms with Crippen LogP contribution in [0.3, 0.4) is 0 Å². The average molecular weight is 236 g/mol. The summed E-state index contributed by atoms with van der Waals surface area (Å²) in [6.45, 7) is 2.70. The highest BCUT2D eigenvalue weighted by molar-refractivity contribution is 4.89. The van der Waals surface area contributed by atoms with Gasteiger partial charge in [0, 0.05) is 19.2 Å². The molecule has 1 saturated carbocycles. The van der Waals surface area contributed by atoms with Gasteiger partial charge in [0.25, 0.3) is 0 Å². The lowest BCUT2D eigenvalue weighted by Gasteiger charge is -2.10. The van der Waals surface area contributed by atoms with E-state index in [4.69, 9.17) is 4.74 Å². The third-order valence-corrected chi connectivity index (χ3v) is 3.51. The van der Waals surface area contributed by atoms with E-state index in [2.05, 4.69) is 15.4 Å².